The zero-order valence-corrected chi connectivity index (χ0v) is 12.6. The van der Waals surface area contributed by atoms with Crippen LogP contribution in [0.5, 0.6) is 5.75 Å². The Balaban J connectivity index is 1.74. The van der Waals surface area contributed by atoms with Crippen LogP contribution in [0.1, 0.15) is 11.1 Å². The molecule has 3 rings (SSSR count). The summed E-state index contributed by atoms with van der Waals surface area (Å²) in [5.74, 6) is 0.800. The van der Waals surface area contributed by atoms with Crippen molar-refractivity contribution in [2.45, 2.75) is 6.61 Å². The third-order valence-electron chi connectivity index (χ3n) is 3.34. The van der Waals surface area contributed by atoms with Crippen molar-refractivity contribution in [1.29, 1.82) is 5.26 Å². The van der Waals surface area contributed by atoms with E-state index in [1.165, 1.54) is 11.3 Å². The highest BCUT2D eigenvalue weighted by molar-refractivity contribution is 7.14. The molecule has 0 saturated heterocycles. The Kier molecular flexibility index (Phi) is 4.08. The van der Waals surface area contributed by atoms with Crippen molar-refractivity contribution in [1.82, 2.24) is 0 Å². The molecule has 2 N–H and O–H groups in total. The summed E-state index contributed by atoms with van der Waals surface area (Å²) in [6.07, 6.45) is 0. The number of anilines is 1. The molecule has 22 heavy (non-hydrogen) atoms. The molecule has 0 saturated carbocycles. The quantitative estimate of drug-likeness (QED) is 0.774. The topological polar surface area (TPSA) is 59.0 Å². The molecule has 1 heterocycles. The van der Waals surface area contributed by atoms with E-state index in [-0.39, 0.29) is 0 Å². The largest absolute Gasteiger partial charge is 0.489 e. The highest BCUT2D eigenvalue weighted by Crippen LogP contribution is 2.33. The van der Waals surface area contributed by atoms with Crippen LogP contribution in [-0.4, -0.2) is 0 Å². The fourth-order valence-electron chi connectivity index (χ4n) is 2.17. The maximum Gasteiger partial charge on any atom is 0.119 e. The Hall–Kier alpha value is -2.77. The molecule has 108 valence electrons. The van der Waals surface area contributed by atoms with Crippen LogP contribution in [0, 0.1) is 11.3 Å². The molecular weight excluding hydrogens is 292 g/mol. The highest BCUT2D eigenvalue weighted by atomic mass is 32.1. The molecule has 1 aromatic heterocycles. The Morgan fingerprint density at radius 1 is 1.05 bits per heavy atom. The molecule has 0 aliphatic rings. The molecule has 0 aliphatic carbocycles. The van der Waals surface area contributed by atoms with Gasteiger partial charge in [0, 0.05) is 10.9 Å². The van der Waals surface area contributed by atoms with Crippen molar-refractivity contribution < 1.29 is 4.74 Å². The van der Waals surface area contributed by atoms with Crippen molar-refractivity contribution in [3.8, 4) is 22.9 Å². The van der Waals surface area contributed by atoms with Gasteiger partial charge in [0.25, 0.3) is 0 Å². The average molecular weight is 306 g/mol. The molecule has 0 amide bonds. The predicted octanol–water partition coefficient (Wildman–Crippen LogP) is 4.45. The second-order valence-corrected chi connectivity index (χ2v) is 5.71. The normalized spacial score (nSPS) is 10.1. The third kappa shape index (κ3) is 2.95. The summed E-state index contributed by atoms with van der Waals surface area (Å²) >= 11 is 1.39. The molecule has 3 nitrogen and oxygen atoms in total. The highest BCUT2D eigenvalue weighted by Gasteiger charge is 2.10. The minimum Gasteiger partial charge on any atom is -0.489 e. The van der Waals surface area contributed by atoms with Crippen molar-refractivity contribution in [3.63, 3.8) is 0 Å². The van der Waals surface area contributed by atoms with Gasteiger partial charge in [-0.2, -0.15) is 5.26 Å². The molecule has 0 bridgehead atoms. The molecule has 4 heteroatoms. The number of rotatable bonds is 4. The third-order valence-corrected chi connectivity index (χ3v) is 4.16. The Morgan fingerprint density at radius 2 is 1.77 bits per heavy atom. The van der Waals surface area contributed by atoms with E-state index in [2.05, 4.69) is 6.07 Å². The van der Waals surface area contributed by atoms with Gasteiger partial charge in [0.2, 0.25) is 0 Å². The van der Waals surface area contributed by atoms with Gasteiger partial charge in [-0.15, -0.1) is 11.3 Å². The molecule has 0 radical (unpaired) electrons. The van der Waals surface area contributed by atoms with Crippen molar-refractivity contribution in [3.05, 3.63) is 71.1 Å². The Bertz CT molecular complexity index is 801. The molecule has 0 aliphatic heterocycles. The summed E-state index contributed by atoms with van der Waals surface area (Å²) in [5.41, 5.74) is 9.32. The van der Waals surface area contributed by atoms with E-state index in [0.29, 0.717) is 17.2 Å². The van der Waals surface area contributed by atoms with Crippen LogP contribution in [0.15, 0.2) is 60.0 Å². The zero-order chi connectivity index (χ0) is 15.4. The van der Waals surface area contributed by atoms with E-state index in [9.17, 15) is 0 Å². The maximum absolute atomic E-state index is 9.17. The average Bonchev–Trinajstić information content (AvgIpc) is 2.95. The molecular formula is C18H14N2OS. The first-order chi connectivity index (χ1) is 10.8. The number of nitrogens with two attached hydrogens (primary N) is 1. The summed E-state index contributed by atoms with van der Waals surface area (Å²) in [5, 5.41) is 11.6. The summed E-state index contributed by atoms with van der Waals surface area (Å²) < 4.78 is 5.76. The number of hydrogen-bond acceptors (Lipinski definition) is 4. The van der Waals surface area contributed by atoms with Crippen LogP contribution in [0.25, 0.3) is 11.1 Å². The number of nitrogens with zero attached hydrogens (tertiary/aromatic N) is 1. The van der Waals surface area contributed by atoms with Gasteiger partial charge >= 0.3 is 0 Å². The smallest absolute Gasteiger partial charge is 0.119 e. The van der Waals surface area contributed by atoms with E-state index in [1.54, 1.807) is 0 Å². The number of nitrogen functional groups attached to an aromatic ring is 1. The second kappa shape index (κ2) is 6.33. The van der Waals surface area contributed by atoms with Crippen LogP contribution in [0.2, 0.25) is 0 Å². The minimum absolute atomic E-state index is 0.537. The molecule has 0 fully saturated rings. The Labute approximate surface area is 133 Å². The van der Waals surface area contributed by atoms with Gasteiger partial charge in [-0.1, -0.05) is 42.5 Å². The molecule has 0 spiro atoms. The van der Waals surface area contributed by atoms with Gasteiger partial charge in [0.15, 0.2) is 0 Å². The van der Waals surface area contributed by atoms with Gasteiger partial charge in [-0.05, 0) is 23.3 Å². The SMILES string of the molecule is N#Cc1c(-c2ccc(OCc3ccccc3)cc2)csc1N. The number of benzene rings is 2. The first-order valence-electron chi connectivity index (χ1n) is 6.82. The molecule has 2 aromatic carbocycles. The van der Waals surface area contributed by atoms with Crippen LogP contribution in [-0.2, 0) is 6.61 Å². The summed E-state index contributed by atoms with van der Waals surface area (Å²) in [6.45, 7) is 0.537. The lowest BCUT2D eigenvalue weighted by molar-refractivity contribution is 0.306. The van der Waals surface area contributed by atoms with Crippen LogP contribution < -0.4 is 10.5 Å². The van der Waals surface area contributed by atoms with Gasteiger partial charge in [-0.25, -0.2) is 0 Å². The lowest BCUT2D eigenvalue weighted by Gasteiger charge is -2.07. The van der Waals surface area contributed by atoms with E-state index in [4.69, 9.17) is 15.7 Å². The lowest BCUT2D eigenvalue weighted by Crippen LogP contribution is -1.94. The van der Waals surface area contributed by atoms with Crippen molar-refractivity contribution >= 4 is 16.3 Å². The molecule has 0 atom stereocenters. The Morgan fingerprint density at radius 3 is 2.45 bits per heavy atom. The van der Waals surface area contributed by atoms with Crippen LogP contribution in [0.4, 0.5) is 5.00 Å². The van der Waals surface area contributed by atoms with E-state index >= 15 is 0 Å². The predicted molar refractivity (Wildman–Crippen MR) is 89.7 cm³/mol. The second-order valence-electron chi connectivity index (χ2n) is 4.80. The molecule has 3 aromatic rings. The zero-order valence-electron chi connectivity index (χ0n) is 11.8. The fraction of sp³-hybridized carbons (Fsp3) is 0.0556. The van der Waals surface area contributed by atoms with Crippen molar-refractivity contribution in [2.24, 2.45) is 0 Å². The fourth-order valence-corrected chi connectivity index (χ4v) is 2.94. The number of nitriles is 1. The van der Waals surface area contributed by atoms with Crippen molar-refractivity contribution in [2.75, 3.05) is 5.73 Å². The van der Waals surface area contributed by atoms with Crippen LogP contribution in [0.3, 0.4) is 0 Å². The van der Waals surface area contributed by atoms with E-state index in [0.717, 1.165) is 22.4 Å². The monoisotopic (exact) mass is 306 g/mol. The number of ether oxygens (including phenoxy) is 1. The first kappa shape index (κ1) is 14.2. The molecule has 0 unspecified atom stereocenters. The standard InChI is InChI=1S/C18H14N2OS/c19-10-16-17(12-22-18(16)20)14-6-8-15(9-7-14)21-11-13-4-2-1-3-5-13/h1-9,12H,11,20H2. The summed E-state index contributed by atoms with van der Waals surface area (Å²) in [7, 11) is 0. The lowest BCUT2D eigenvalue weighted by atomic mass is 10.0. The first-order valence-corrected chi connectivity index (χ1v) is 7.70. The summed E-state index contributed by atoms with van der Waals surface area (Å²) in [6, 6.07) is 19.9. The summed E-state index contributed by atoms with van der Waals surface area (Å²) in [4.78, 5) is 0. The van der Waals surface area contributed by atoms with Gasteiger partial charge < -0.3 is 10.5 Å². The minimum atomic E-state index is 0.537. The maximum atomic E-state index is 9.17. The van der Waals surface area contributed by atoms with E-state index in [1.807, 2.05) is 60.0 Å². The van der Waals surface area contributed by atoms with Gasteiger partial charge in [0.05, 0.1) is 5.56 Å². The van der Waals surface area contributed by atoms with E-state index < -0.39 is 0 Å². The number of hydrogen-bond donors (Lipinski definition) is 1. The van der Waals surface area contributed by atoms with Crippen LogP contribution >= 0.6 is 11.3 Å². The number of thiophene rings is 1. The van der Waals surface area contributed by atoms with Gasteiger partial charge in [0.1, 0.15) is 23.4 Å². The van der Waals surface area contributed by atoms with Gasteiger partial charge in [-0.3, -0.25) is 0 Å².